The second-order valence-corrected chi connectivity index (χ2v) is 7.57. The van der Waals surface area contributed by atoms with Crippen molar-refractivity contribution in [3.63, 3.8) is 0 Å². The van der Waals surface area contributed by atoms with Crippen LogP contribution in [0, 0.1) is 0 Å². The third-order valence-corrected chi connectivity index (χ3v) is 4.98. The van der Waals surface area contributed by atoms with Gasteiger partial charge in [0.15, 0.2) is 0 Å². The lowest BCUT2D eigenvalue weighted by atomic mass is 10.2. The van der Waals surface area contributed by atoms with Crippen LogP contribution >= 0.6 is 27.3 Å². The first-order valence-corrected chi connectivity index (χ1v) is 8.50. The van der Waals surface area contributed by atoms with Gasteiger partial charge in [-0.15, -0.1) is 11.3 Å². The van der Waals surface area contributed by atoms with Gasteiger partial charge in [-0.25, -0.2) is 0 Å². The van der Waals surface area contributed by atoms with Crippen LogP contribution in [0.25, 0.3) is 0 Å². The van der Waals surface area contributed by atoms with Gasteiger partial charge in [0.05, 0.1) is 9.48 Å². The number of hydrogen-bond donors (Lipinski definition) is 1. The highest BCUT2D eigenvalue weighted by molar-refractivity contribution is 9.11. The molecule has 0 aliphatic heterocycles. The van der Waals surface area contributed by atoms with Gasteiger partial charge < -0.3 is 10.2 Å². The molecule has 1 saturated carbocycles. The molecule has 0 bridgehead atoms. The van der Waals surface area contributed by atoms with E-state index >= 15 is 0 Å². The summed E-state index contributed by atoms with van der Waals surface area (Å²) in [6, 6.07) is 7.15. The highest BCUT2D eigenvalue weighted by Crippen LogP contribution is 2.24. The van der Waals surface area contributed by atoms with E-state index in [4.69, 9.17) is 0 Å². The van der Waals surface area contributed by atoms with E-state index in [1.807, 2.05) is 6.20 Å². The fourth-order valence-corrected chi connectivity index (χ4v) is 3.33. The second kappa shape index (κ2) is 6.24. The molecule has 3 nitrogen and oxygen atoms in total. The van der Waals surface area contributed by atoms with Gasteiger partial charge in [-0.2, -0.15) is 0 Å². The molecule has 20 heavy (non-hydrogen) atoms. The van der Waals surface area contributed by atoms with Crippen LogP contribution in [-0.4, -0.2) is 18.1 Å². The molecule has 3 rings (SSSR count). The molecule has 2 aromatic rings. The Morgan fingerprint density at radius 2 is 2.30 bits per heavy atom. The van der Waals surface area contributed by atoms with Gasteiger partial charge >= 0.3 is 0 Å². The summed E-state index contributed by atoms with van der Waals surface area (Å²) in [4.78, 5) is 6.70. The van der Waals surface area contributed by atoms with Gasteiger partial charge in [0.2, 0.25) is 0 Å². The van der Waals surface area contributed by atoms with Crippen molar-refractivity contribution < 1.29 is 0 Å². The van der Waals surface area contributed by atoms with Crippen molar-refractivity contribution in [1.29, 1.82) is 0 Å². The number of nitrogens with zero attached hydrogens (tertiary/aromatic N) is 2. The normalized spacial score (nSPS) is 14.5. The number of aromatic nitrogens is 1. The summed E-state index contributed by atoms with van der Waals surface area (Å²) < 4.78 is 1.19. The molecule has 0 atom stereocenters. The van der Waals surface area contributed by atoms with E-state index in [2.05, 4.69) is 61.8 Å². The van der Waals surface area contributed by atoms with Crippen LogP contribution in [-0.2, 0) is 13.1 Å². The Labute approximate surface area is 132 Å². The highest BCUT2D eigenvalue weighted by atomic mass is 79.9. The van der Waals surface area contributed by atoms with Crippen molar-refractivity contribution in [1.82, 2.24) is 10.3 Å². The molecule has 0 radical (unpaired) electrons. The van der Waals surface area contributed by atoms with E-state index in [1.165, 1.54) is 27.9 Å². The van der Waals surface area contributed by atoms with E-state index in [0.29, 0.717) is 0 Å². The molecule has 106 valence electrons. The molecule has 1 aliphatic rings. The van der Waals surface area contributed by atoms with Crippen LogP contribution in [0.3, 0.4) is 0 Å². The minimum atomic E-state index is 0.723. The standard InChI is InChI=1S/C15H18BrN3S/c1-19(9-11-6-15(16)20-10-11)14-4-5-17-13(7-14)8-18-12-2-3-12/h4-7,10,12,18H,2-3,8-9H2,1H3. The van der Waals surface area contributed by atoms with Crippen molar-refractivity contribution in [2.45, 2.75) is 32.0 Å². The molecular formula is C15H18BrN3S. The lowest BCUT2D eigenvalue weighted by Gasteiger charge is -2.19. The number of nitrogens with one attached hydrogen (secondary N) is 1. The van der Waals surface area contributed by atoms with Crippen LogP contribution in [0.15, 0.2) is 33.6 Å². The largest absolute Gasteiger partial charge is 0.370 e. The van der Waals surface area contributed by atoms with E-state index < -0.39 is 0 Å². The molecular weight excluding hydrogens is 334 g/mol. The Bertz CT molecular complexity index is 580. The molecule has 0 unspecified atom stereocenters. The number of anilines is 1. The van der Waals surface area contributed by atoms with Crippen molar-refractivity contribution in [2.75, 3.05) is 11.9 Å². The van der Waals surface area contributed by atoms with Crippen molar-refractivity contribution in [3.05, 3.63) is 44.8 Å². The number of halogens is 1. The first-order chi connectivity index (χ1) is 9.70. The zero-order chi connectivity index (χ0) is 13.9. The van der Waals surface area contributed by atoms with Gasteiger partial charge in [-0.05, 0) is 57.9 Å². The Hall–Kier alpha value is -0.910. The quantitative estimate of drug-likeness (QED) is 0.857. The van der Waals surface area contributed by atoms with Crippen LogP contribution in [0.2, 0.25) is 0 Å². The summed E-state index contributed by atoms with van der Waals surface area (Å²) in [5.74, 6) is 0. The summed E-state index contributed by atoms with van der Waals surface area (Å²) in [6.07, 6.45) is 4.53. The molecule has 0 amide bonds. The SMILES string of the molecule is CN(Cc1csc(Br)c1)c1ccnc(CNC2CC2)c1. The third kappa shape index (κ3) is 3.81. The fraction of sp³-hybridized carbons (Fsp3) is 0.400. The number of hydrogen-bond acceptors (Lipinski definition) is 4. The first kappa shape index (κ1) is 14.0. The molecule has 2 aromatic heterocycles. The number of thiophene rings is 1. The molecule has 5 heteroatoms. The smallest absolute Gasteiger partial charge is 0.0701 e. The zero-order valence-corrected chi connectivity index (χ0v) is 13.9. The topological polar surface area (TPSA) is 28.2 Å². The summed E-state index contributed by atoms with van der Waals surface area (Å²) in [6.45, 7) is 1.79. The third-order valence-electron chi connectivity index (χ3n) is 3.43. The molecule has 0 saturated heterocycles. The highest BCUT2D eigenvalue weighted by Gasteiger charge is 2.20. The van der Waals surface area contributed by atoms with Gasteiger partial charge in [0.25, 0.3) is 0 Å². The first-order valence-electron chi connectivity index (χ1n) is 6.83. The summed E-state index contributed by atoms with van der Waals surface area (Å²) in [7, 11) is 2.12. The van der Waals surface area contributed by atoms with E-state index in [0.717, 1.165) is 24.8 Å². The van der Waals surface area contributed by atoms with Crippen molar-refractivity contribution in [2.24, 2.45) is 0 Å². The zero-order valence-electron chi connectivity index (χ0n) is 11.5. The molecule has 1 N–H and O–H groups in total. The van der Waals surface area contributed by atoms with Crippen LogP contribution in [0.5, 0.6) is 0 Å². The van der Waals surface area contributed by atoms with Crippen LogP contribution < -0.4 is 10.2 Å². The van der Waals surface area contributed by atoms with Crippen molar-refractivity contribution in [3.8, 4) is 0 Å². The van der Waals surface area contributed by atoms with Gasteiger partial charge in [0, 0.05) is 38.1 Å². The van der Waals surface area contributed by atoms with E-state index in [-0.39, 0.29) is 0 Å². The fourth-order valence-electron chi connectivity index (χ4n) is 2.13. The Morgan fingerprint density at radius 1 is 1.45 bits per heavy atom. The summed E-state index contributed by atoms with van der Waals surface area (Å²) >= 11 is 5.24. The Kier molecular flexibility index (Phi) is 4.38. The van der Waals surface area contributed by atoms with Gasteiger partial charge in [0.1, 0.15) is 0 Å². The minimum absolute atomic E-state index is 0.723. The average Bonchev–Trinajstić information content (AvgIpc) is 3.19. The van der Waals surface area contributed by atoms with Crippen LogP contribution in [0.4, 0.5) is 5.69 Å². The molecule has 2 heterocycles. The lowest BCUT2D eigenvalue weighted by molar-refractivity contribution is 0.674. The summed E-state index contributed by atoms with van der Waals surface area (Å²) in [5, 5.41) is 5.70. The Balaban J connectivity index is 1.63. The van der Waals surface area contributed by atoms with Crippen molar-refractivity contribution >= 4 is 33.0 Å². The maximum absolute atomic E-state index is 4.44. The average molecular weight is 352 g/mol. The minimum Gasteiger partial charge on any atom is -0.370 e. The lowest BCUT2D eigenvalue weighted by Crippen LogP contribution is -2.18. The van der Waals surface area contributed by atoms with Crippen LogP contribution in [0.1, 0.15) is 24.1 Å². The maximum Gasteiger partial charge on any atom is 0.0701 e. The molecule has 0 aromatic carbocycles. The molecule has 1 fully saturated rings. The number of rotatable bonds is 6. The van der Waals surface area contributed by atoms with E-state index in [9.17, 15) is 0 Å². The monoisotopic (exact) mass is 351 g/mol. The maximum atomic E-state index is 4.44. The van der Waals surface area contributed by atoms with E-state index in [1.54, 1.807) is 11.3 Å². The van der Waals surface area contributed by atoms with Gasteiger partial charge in [-0.1, -0.05) is 0 Å². The molecule has 1 aliphatic carbocycles. The second-order valence-electron chi connectivity index (χ2n) is 5.28. The van der Waals surface area contributed by atoms with Gasteiger partial charge in [-0.3, -0.25) is 4.98 Å². The predicted octanol–water partition coefficient (Wildman–Crippen LogP) is 3.79. The number of pyridine rings is 1. The predicted molar refractivity (Wildman–Crippen MR) is 88.2 cm³/mol. The molecule has 0 spiro atoms. The summed E-state index contributed by atoms with van der Waals surface area (Å²) in [5.41, 5.74) is 3.67. The Morgan fingerprint density at radius 3 is 3.00 bits per heavy atom.